The van der Waals surface area contributed by atoms with Crippen LogP contribution in [0.25, 0.3) is 0 Å². The first-order valence-corrected chi connectivity index (χ1v) is 17.7. The monoisotopic (exact) mass is 591 g/mol. The number of fused-ring (bicyclic) bond motifs is 5. The highest BCUT2D eigenvalue weighted by atomic mass is 32.2. The molecule has 4 N–H and O–H groups in total. The van der Waals surface area contributed by atoms with Crippen LogP contribution in [-0.2, 0) is 16.6 Å². The van der Waals surface area contributed by atoms with Gasteiger partial charge in [-0.05, 0) is 117 Å². The summed E-state index contributed by atoms with van der Waals surface area (Å²) in [7, 11) is -3.90. The number of hydrogen-bond acceptors (Lipinski definition) is 5. The van der Waals surface area contributed by atoms with E-state index < -0.39 is 16.1 Å². The van der Waals surface area contributed by atoms with Crippen LogP contribution in [-0.4, -0.2) is 48.0 Å². The van der Waals surface area contributed by atoms with Gasteiger partial charge in [0.25, 0.3) is 10.0 Å². The molecule has 4 aliphatic carbocycles. The number of carbonyl (C=O) groups is 1. The third kappa shape index (κ3) is 5.37. The Balaban J connectivity index is 1.21. The fourth-order valence-corrected chi connectivity index (χ4v) is 11.5. The van der Waals surface area contributed by atoms with Gasteiger partial charge < -0.3 is 20.1 Å². The Bertz CT molecular complexity index is 1200. The molecule has 0 spiro atoms. The maximum Gasteiger partial charge on any atom is 0.328 e. The van der Waals surface area contributed by atoms with Crippen LogP contribution in [0.2, 0.25) is 0 Å². The molecule has 4 saturated carbocycles. The number of nitrogens with one attached hydrogen (secondary N) is 2. The Kier molecular flexibility index (Phi) is 8.65. The Morgan fingerprint density at radius 1 is 1.07 bits per heavy atom. The molecule has 232 valence electrons. The second kappa shape index (κ2) is 11.5. The lowest BCUT2D eigenvalue weighted by atomic mass is 9.41. The molecule has 1 heterocycles. The van der Waals surface area contributed by atoms with Gasteiger partial charge in [-0.25, -0.2) is 17.9 Å². The Labute approximate surface area is 247 Å². The molecule has 8 nitrogen and oxygen atoms in total. The van der Waals surface area contributed by atoms with Crippen LogP contribution in [0.15, 0.2) is 23.4 Å². The number of carbonyl (C=O) groups excluding carboxylic acids is 1. The van der Waals surface area contributed by atoms with Gasteiger partial charge in [0.2, 0.25) is 0 Å². The number of aliphatic hydroxyl groups is 2. The molecular formula is C32H53N3O5S. The van der Waals surface area contributed by atoms with Gasteiger partial charge in [-0.2, -0.15) is 0 Å². The van der Waals surface area contributed by atoms with Gasteiger partial charge in [-0.1, -0.05) is 34.1 Å². The fraction of sp³-hybridized carbons (Fsp3) is 0.844. The highest BCUT2D eigenvalue weighted by Crippen LogP contribution is 2.69. The van der Waals surface area contributed by atoms with Gasteiger partial charge >= 0.3 is 6.03 Å². The summed E-state index contributed by atoms with van der Waals surface area (Å²) in [5.74, 6) is 2.90. The predicted octanol–water partition coefficient (Wildman–Crippen LogP) is 5.15. The summed E-state index contributed by atoms with van der Waals surface area (Å²) >= 11 is 0. The molecule has 0 aliphatic heterocycles. The van der Waals surface area contributed by atoms with Crippen LogP contribution in [0.1, 0.15) is 92.4 Å². The van der Waals surface area contributed by atoms with Crippen molar-refractivity contribution in [1.29, 1.82) is 0 Å². The minimum atomic E-state index is -3.90. The molecule has 0 unspecified atom stereocenters. The number of rotatable bonds is 8. The molecule has 0 aromatic carbocycles. The van der Waals surface area contributed by atoms with E-state index in [4.69, 9.17) is 0 Å². The molecule has 0 radical (unpaired) electrons. The van der Waals surface area contributed by atoms with Gasteiger partial charge in [-0.3, -0.25) is 0 Å². The molecule has 0 bridgehead atoms. The highest BCUT2D eigenvalue weighted by molar-refractivity contribution is 7.90. The largest absolute Gasteiger partial charge is 0.393 e. The first-order valence-electron chi connectivity index (χ1n) is 16.2. The molecule has 4 aliphatic rings. The number of urea groups is 1. The maximum atomic E-state index is 12.6. The number of sulfonamides is 1. The van der Waals surface area contributed by atoms with Crippen molar-refractivity contribution in [3.8, 4) is 0 Å². The number of aryl methyl sites for hydroxylation is 1. The second-order valence-electron chi connectivity index (χ2n) is 14.4. The SMILES string of the molecule is CC[C@H]1[C@@H](O)[C@@H]2[C@H](CC[C@]3(C)[C@@H]([C@H](C)CCNC(=O)NS(=O)(=O)c4ccn(CC)c4)CC[C@@H]23)[C@@]2(C)CC[C@@H](O)C[C@@H]12. The van der Waals surface area contributed by atoms with Crippen LogP contribution >= 0.6 is 0 Å². The summed E-state index contributed by atoms with van der Waals surface area (Å²) in [6.07, 6.45) is 11.8. The quantitative estimate of drug-likeness (QED) is 0.333. The van der Waals surface area contributed by atoms with E-state index in [-0.39, 0.29) is 33.9 Å². The summed E-state index contributed by atoms with van der Waals surface area (Å²) in [6.45, 7) is 12.4. The molecule has 0 saturated heterocycles. The van der Waals surface area contributed by atoms with Gasteiger partial charge in [0, 0.05) is 25.5 Å². The molecule has 1 aromatic heterocycles. The van der Waals surface area contributed by atoms with E-state index in [1.807, 2.05) is 6.92 Å². The number of nitrogens with zero attached hydrogens (tertiary/aromatic N) is 1. The number of hydrogen-bond donors (Lipinski definition) is 4. The van der Waals surface area contributed by atoms with Crippen molar-refractivity contribution in [2.24, 2.45) is 52.3 Å². The molecule has 4 fully saturated rings. The zero-order chi connectivity index (χ0) is 29.7. The van der Waals surface area contributed by atoms with Gasteiger partial charge in [0.05, 0.1) is 12.2 Å². The van der Waals surface area contributed by atoms with Gasteiger partial charge in [0.15, 0.2) is 0 Å². The number of aromatic nitrogens is 1. The number of amides is 2. The Morgan fingerprint density at radius 2 is 1.78 bits per heavy atom. The lowest BCUT2D eigenvalue weighted by molar-refractivity contribution is -0.203. The Hall–Kier alpha value is -1.58. The van der Waals surface area contributed by atoms with E-state index in [2.05, 4.69) is 37.7 Å². The van der Waals surface area contributed by atoms with Crippen LogP contribution in [0.3, 0.4) is 0 Å². The van der Waals surface area contributed by atoms with Crippen LogP contribution < -0.4 is 10.0 Å². The lowest BCUT2D eigenvalue weighted by Gasteiger charge is -2.64. The topological polar surface area (TPSA) is 121 Å². The van der Waals surface area contributed by atoms with Crippen LogP contribution in [0, 0.1) is 52.3 Å². The van der Waals surface area contributed by atoms with Crippen molar-refractivity contribution in [2.45, 2.75) is 116 Å². The van der Waals surface area contributed by atoms with Crippen molar-refractivity contribution in [3.63, 3.8) is 0 Å². The molecule has 5 rings (SSSR count). The lowest BCUT2D eigenvalue weighted by Crippen LogP contribution is -2.62. The van der Waals surface area contributed by atoms with Gasteiger partial charge in [0.1, 0.15) is 4.90 Å². The van der Waals surface area contributed by atoms with E-state index in [0.717, 1.165) is 51.4 Å². The summed E-state index contributed by atoms with van der Waals surface area (Å²) in [5, 5.41) is 25.2. The molecule has 2 amide bonds. The van der Waals surface area contributed by atoms with Crippen LogP contribution in [0.4, 0.5) is 4.79 Å². The molecule has 9 heteroatoms. The van der Waals surface area contributed by atoms with Crippen molar-refractivity contribution >= 4 is 16.1 Å². The average molecular weight is 592 g/mol. The Morgan fingerprint density at radius 3 is 2.46 bits per heavy atom. The normalized spacial score (nSPS) is 41.1. The van der Waals surface area contributed by atoms with Gasteiger partial charge in [-0.15, -0.1) is 0 Å². The third-order valence-corrected chi connectivity index (χ3v) is 14.0. The first kappa shape index (κ1) is 30.9. The van der Waals surface area contributed by atoms with Crippen molar-refractivity contribution < 1.29 is 23.4 Å². The molecule has 41 heavy (non-hydrogen) atoms. The first-order chi connectivity index (χ1) is 19.4. The molecule has 1 aromatic rings. The summed E-state index contributed by atoms with van der Waals surface area (Å²) < 4.78 is 29.0. The highest BCUT2D eigenvalue weighted by Gasteiger charge is 2.64. The predicted molar refractivity (Wildman–Crippen MR) is 159 cm³/mol. The number of aliphatic hydroxyl groups excluding tert-OH is 2. The summed E-state index contributed by atoms with van der Waals surface area (Å²) in [6, 6.07) is 0.811. The van der Waals surface area contributed by atoms with E-state index in [1.54, 1.807) is 10.8 Å². The van der Waals surface area contributed by atoms with E-state index >= 15 is 0 Å². The smallest absolute Gasteiger partial charge is 0.328 e. The minimum Gasteiger partial charge on any atom is -0.393 e. The van der Waals surface area contributed by atoms with E-state index in [1.165, 1.54) is 18.7 Å². The van der Waals surface area contributed by atoms with Crippen LogP contribution in [0.5, 0.6) is 0 Å². The second-order valence-corrected chi connectivity index (χ2v) is 16.1. The fourth-order valence-electron chi connectivity index (χ4n) is 10.5. The van der Waals surface area contributed by atoms with E-state index in [9.17, 15) is 23.4 Å². The van der Waals surface area contributed by atoms with E-state index in [0.29, 0.717) is 48.6 Å². The standard InChI is InChI=1S/C32H53N3O5S/c1-6-23-27-18-21(36)10-14-32(27,5)26-11-15-31(4)24(8-9-25(31)28(26)29(23)37)20(3)12-16-33-30(38)34-41(39,40)22-13-17-35(7-2)19-22/h13,17,19-21,23-29,36-37H,6-12,14-16,18H2,1-5H3,(H2,33,34,38)/t20-,21-,23-,24-,25+,26+,27+,28+,29-,31-,32-/m1/s1. The third-order valence-electron chi connectivity index (χ3n) is 12.7. The zero-order valence-electron chi connectivity index (χ0n) is 25.7. The molecular weight excluding hydrogens is 538 g/mol. The zero-order valence-corrected chi connectivity index (χ0v) is 26.5. The summed E-state index contributed by atoms with van der Waals surface area (Å²) in [4.78, 5) is 12.6. The van der Waals surface area contributed by atoms with Crippen molar-refractivity contribution in [3.05, 3.63) is 18.5 Å². The maximum absolute atomic E-state index is 12.6. The van der Waals surface area contributed by atoms with Crippen molar-refractivity contribution in [1.82, 2.24) is 14.6 Å². The average Bonchev–Trinajstić information content (AvgIpc) is 3.55. The molecule has 11 atom stereocenters. The minimum absolute atomic E-state index is 0.0863. The van der Waals surface area contributed by atoms with Crippen molar-refractivity contribution in [2.75, 3.05) is 6.54 Å². The summed E-state index contributed by atoms with van der Waals surface area (Å²) in [5.41, 5.74) is 0.362.